The summed E-state index contributed by atoms with van der Waals surface area (Å²) >= 11 is 0. The van der Waals surface area contributed by atoms with Crippen molar-refractivity contribution in [2.24, 2.45) is 0 Å². The Morgan fingerprint density at radius 2 is 2.12 bits per heavy atom. The molecule has 0 radical (unpaired) electrons. The summed E-state index contributed by atoms with van der Waals surface area (Å²) in [4.78, 5) is 0. The molecule has 3 nitrogen and oxygen atoms in total. The van der Waals surface area contributed by atoms with Gasteiger partial charge in [-0.1, -0.05) is 6.92 Å². The zero-order valence-electron chi connectivity index (χ0n) is 11.2. The number of aromatic nitrogens is 2. The van der Waals surface area contributed by atoms with Crippen LogP contribution < -0.4 is 5.32 Å². The first-order chi connectivity index (χ1) is 8.20. The van der Waals surface area contributed by atoms with Crippen LogP contribution in [-0.2, 0) is 13.0 Å². The number of hydrogen-bond donors (Lipinski definition) is 1. The van der Waals surface area contributed by atoms with Crippen LogP contribution in [0.1, 0.15) is 36.7 Å². The standard InChI is InChI=1S/C14H23N3/c1-5-7-11-17-13(4)14(12(3)16-17)8-10-15-9-6-2/h1,15H,6-11H2,2-4H3. The van der Waals surface area contributed by atoms with Crippen LogP contribution in [0.5, 0.6) is 0 Å². The Bertz CT molecular complexity index is 385. The van der Waals surface area contributed by atoms with Crippen molar-refractivity contribution in [3.63, 3.8) is 0 Å². The highest BCUT2D eigenvalue weighted by Gasteiger charge is 2.10. The third kappa shape index (κ3) is 3.90. The summed E-state index contributed by atoms with van der Waals surface area (Å²) in [5, 5.41) is 7.96. The summed E-state index contributed by atoms with van der Waals surface area (Å²) in [6, 6.07) is 0. The second-order valence-electron chi connectivity index (χ2n) is 4.33. The maximum absolute atomic E-state index is 5.28. The molecule has 17 heavy (non-hydrogen) atoms. The van der Waals surface area contributed by atoms with Crippen LogP contribution in [0.3, 0.4) is 0 Å². The summed E-state index contributed by atoms with van der Waals surface area (Å²) in [5.41, 5.74) is 3.76. The Hall–Kier alpha value is -1.27. The molecule has 1 aromatic rings. The van der Waals surface area contributed by atoms with Crippen LogP contribution in [0.15, 0.2) is 0 Å². The Morgan fingerprint density at radius 1 is 1.35 bits per heavy atom. The van der Waals surface area contributed by atoms with Gasteiger partial charge in [0.25, 0.3) is 0 Å². The highest BCUT2D eigenvalue weighted by atomic mass is 15.3. The number of rotatable bonds is 7. The van der Waals surface area contributed by atoms with E-state index in [2.05, 4.69) is 37.1 Å². The maximum atomic E-state index is 5.28. The summed E-state index contributed by atoms with van der Waals surface area (Å²) in [6.07, 6.45) is 8.26. The fourth-order valence-corrected chi connectivity index (χ4v) is 2.00. The normalized spacial score (nSPS) is 10.5. The molecule has 1 N–H and O–H groups in total. The molecule has 0 bridgehead atoms. The molecule has 0 unspecified atom stereocenters. The van der Waals surface area contributed by atoms with E-state index in [0.29, 0.717) is 0 Å². The molecule has 1 aromatic heterocycles. The van der Waals surface area contributed by atoms with Gasteiger partial charge in [0.1, 0.15) is 0 Å². The van der Waals surface area contributed by atoms with Crippen LogP contribution in [0.4, 0.5) is 0 Å². The minimum Gasteiger partial charge on any atom is -0.316 e. The van der Waals surface area contributed by atoms with Gasteiger partial charge in [0.15, 0.2) is 0 Å². The quantitative estimate of drug-likeness (QED) is 0.577. The molecule has 0 amide bonds. The molecule has 0 aliphatic heterocycles. The topological polar surface area (TPSA) is 29.9 Å². The van der Waals surface area contributed by atoms with Crippen molar-refractivity contribution in [1.29, 1.82) is 0 Å². The predicted molar refractivity (Wildman–Crippen MR) is 72.0 cm³/mol. The zero-order chi connectivity index (χ0) is 12.7. The Labute approximate surface area is 105 Å². The largest absolute Gasteiger partial charge is 0.316 e. The first kappa shape index (κ1) is 13.8. The minimum atomic E-state index is 0.746. The van der Waals surface area contributed by atoms with E-state index >= 15 is 0 Å². The van der Waals surface area contributed by atoms with Crippen molar-refractivity contribution in [1.82, 2.24) is 15.1 Å². The predicted octanol–water partition coefficient (Wildman–Crippen LogP) is 2.07. The van der Waals surface area contributed by atoms with E-state index in [1.165, 1.54) is 17.7 Å². The molecular formula is C14H23N3. The molecule has 0 aliphatic rings. The Balaban J connectivity index is 2.59. The lowest BCUT2D eigenvalue weighted by Crippen LogP contribution is -2.18. The van der Waals surface area contributed by atoms with Gasteiger partial charge in [0, 0.05) is 12.1 Å². The second-order valence-corrected chi connectivity index (χ2v) is 4.33. The summed E-state index contributed by atoms with van der Waals surface area (Å²) < 4.78 is 2.03. The smallest absolute Gasteiger partial charge is 0.0628 e. The summed E-state index contributed by atoms with van der Waals surface area (Å²) in [5.74, 6) is 2.66. The third-order valence-electron chi connectivity index (χ3n) is 2.98. The third-order valence-corrected chi connectivity index (χ3v) is 2.98. The van der Waals surface area contributed by atoms with Crippen molar-refractivity contribution >= 4 is 0 Å². The molecule has 0 saturated carbocycles. The summed E-state index contributed by atoms with van der Waals surface area (Å²) in [7, 11) is 0. The van der Waals surface area contributed by atoms with E-state index in [9.17, 15) is 0 Å². The van der Waals surface area contributed by atoms with Gasteiger partial charge in [0.05, 0.1) is 12.2 Å². The van der Waals surface area contributed by atoms with E-state index in [1.807, 2.05) is 4.68 Å². The first-order valence-electron chi connectivity index (χ1n) is 6.37. The van der Waals surface area contributed by atoms with Crippen LogP contribution in [-0.4, -0.2) is 22.9 Å². The minimum absolute atomic E-state index is 0.746. The SMILES string of the molecule is C#CCCn1nc(C)c(CCNCCC)c1C. The second kappa shape index (κ2) is 7.13. The van der Waals surface area contributed by atoms with Crippen LogP contribution >= 0.6 is 0 Å². The molecule has 0 atom stereocenters. The van der Waals surface area contributed by atoms with Crippen molar-refractivity contribution in [3.05, 3.63) is 17.0 Å². The molecule has 0 aromatic carbocycles. The van der Waals surface area contributed by atoms with E-state index in [0.717, 1.165) is 38.2 Å². The molecular weight excluding hydrogens is 210 g/mol. The van der Waals surface area contributed by atoms with Gasteiger partial charge in [-0.3, -0.25) is 4.68 Å². The molecule has 0 saturated heterocycles. The van der Waals surface area contributed by atoms with Crippen molar-refractivity contribution in [2.75, 3.05) is 13.1 Å². The number of hydrogen-bond acceptors (Lipinski definition) is 2. The monoisotopic (exact) mass is 233 g/mol. The van der Waals surface area contributed by atoms with Crippen LogP contribution in [0, 0.1) is 26.2 Å². The molecule has 94 valence electrons. The van der Waals surface area contributed by atoms with Gasteiger partial charge in [0.2, 0.25) is 0 Å². The molecule has 0 spiro atoms. The lowest BCUT2D eigenvalue weighted by atomic mass is 10.1. The lowest BCUT2D eigenvalue weighted by molar-refractivity contribution is 0.606. The number of aryl methyl sites for hydroxylation is 2. The van der Waals surface area contributed by atoms with Gasteiger partial charge in [-0.05, 0) is 45.3 Å². The van der Waals surface area contributed by atoms with Gasteiger partial charge >= 0.3 is 0 Å². The van der Waals surface area contributed by atoms with E-state index < -0.39 is 0 Å². The number of terminal acetylenes is 1. The van der Waals surface area contributed by atoms with Crippen LogP contribution in [0.25, 0.3) is 0 Å². The molecule has 0 fully saturated rings. The molecule has 3 heteroatoms. The maximum Gasteiger partial charge on any atom is 0.0628 e. The van der Waals surface area contributed by atoms with Gasteiger partial charge < -0.3 is 5.32 Å². The summed E-state index contributed by atoms with van der Waals surface area (Å²) in [6.45, 7) is 9.33. The van der Waals surface area contributed by atoms with Gasteiger partial charge in [-0.2, -0.15) is 5.10 Å². The molecule has 1 rings (SSSR count). The average molecular weight is 233 g/mol. The highest BCUT2D eigenvalue weighted by Crippen LogP contribution is 2.13. The number of nitrogens with zero attached hydrogens (tertiary/aromatic N) is 2. The van der Waals surface area contributed by atoms with E-state index in [4.69, 9.17) is 6.42 Å². The first-order valence-corrected chi connectivity index (χ1v) is 6.37. The zero-order valence-corrected chi connectivity index (χ0v) is 11.2. The van der Waals surface area contributed by atoms with E-state index in [-0.39, 0.29) is 0 Å². The van der Waals surface area contributed by atoms with Gasteiger partial charge in [-0.25, -0.2) is 0 Å². The molecule has 0 aliphatic carbocycles. The molecule has 1 heterocycles. The van der Waals surface area contributed by atoms with Crippen molar-refractivity contribution in [2.45, 2.75) is 46.6 Å². The Kier molecular flexibility index (Phi) is 5.79. The van der Waals surface area contributed by atoms with E-state index in [1.54, 1.807) is 0 Å². The van der Waals surface area contributed by atoms with Crippen molar-refractivity contribution in [3.8, 4) is 12.3 Å². The van der Waals surface area contributed by atoms with Crippen molar-refractivity contribution < 1.29 is 0 Å². The van der Waals surface area contributed by atoms with Gasteiger partial charge in [-0.15, -0.1) is 12.3 Å². The lowest BCUT2D eigenvalue weighted by Gasteiger charge is -2.05. The highest BCUT2D eigenvalue weighted by molar-refractivity contribution is 5.24. The fraction of sp³-hybridized carbons (Fsp3) is 0.643. The number of nitrogens with one attached hydrogen (secondary N) is 1. The van der Waals surface area contributed by atoms with Crippen LogP contribution in [0.2, 0.25) is 0 Å². The Morgan fingerprint density at radius 3 is 2.76 bits per heavy atom. The average Bonchev–Trinajstić information content (AvgIpc) is 2.58. The fourth-order valence-electron chi connectivity index (χ4n) is 2.00.